The number of rotatable bonds is 7. The molecule has 1 N–H and O–H groups in total. The highest BCUT2D eigenvalue weighted by Crippen LogP contribution is 2.33. The minimum Gasteiger partial charge on any atom is -0.465 e. The van der Waals surface area contributed by atoms with Crippen molar-refractivity contribution in [1.82, 2.24) is 4.90 Å². The minimum atomic E-state index is -0.591. The lowest BCUT2D eigenvalue weighted by Crippen LogP contribution is -2.38. The number of esters is 1. The average molecular weight is 494 g/mol. The summed E-state index contributed by atoms with van der Waals surface area (Å²) in [7, 11) is 1.36. The molecule has 0 aliphatic carbocycles. The molecular weight excluding hydrogens is 458 g/mol. The number of hydrogen-bond acceptors (Lipinski definition) is 6. The Bertz CT molecular complexity index is 1040. The Hall–Kier alpha value is -3.16. The molecule has 36 heavy (non-hydrogen) atoms. The van der Waals surface area contributed by atoms with Gasteiger partial charge in [-0.1, -0.05) is 55.7 Å². The van der Waals surface area contributed by atoms with Crippen LogP contribution in [0.1, 0.15) is 71.5 Å². The van der Waals surface area contributed by atoms with Gasteiger partial charge in [-0.25, -0.2) is 4.79 Å². The van der Waals surface area contributed by atoms with Gasteiger partial charge in [-0.3, -0.25) is 4.79 Å². The van der Waals surface area contributed by atoms with Crippen molar-refractivity contribution in [2.45, 2.75) is 63.9 Å². The SMILES string of the molecule is COC(=O)c1ccc(C2C=C(C(=O)N3CCCCCCC3)OC(OCc3ccc(CO)cc3)C2)cc1. The summed E-state index contributed by atoms with van der Waals surface area (Å²) in [6, 6.07) is 14.8. The van der Waals surface area contributed by atoms with Gasteiger partial charge in [-0.15, -0.1) is 0 Å². The summed E-state index contributed by atoms with van der Waals surface area (Å²) in [4.78, 5) is 27.2. The Morgan fingerprint density at radius 1 is 0.944 bits per heavy atom. The summed E-state index contributed by atoms with van der Waals surface area (Å²) in [6.45, 7) is 1.80. The normalized spacial score (nSPS) is 20.5. The molecule has 2 heterocycles. The largest absolute Gasteiger partial charge is 0.465 e. The third-order valence-corrected chi connectivity index (χ3v) is 6.81. The fourth-order valence-corrected chi connectivity index (χ4v) is 4.66. The highest BCUT2D eigenvalue weighted by molar-refractivity contribution is 5.92. The predicted octanol–water partition coefficient (Wildman–Crippen LogP) is 4.69. The Morgan fingerprint density at radius 2 is 1.58 bits per heavy atom. The van der Waals surface area contributed by atoms with Crippen LogP contribution < -0.4 is 0 Å². The number of nitrogens with zero attached hydrogens (tertiary/aromatic N) is 1. The van der Waals surface area contributed by atoms with Gasteiger partial charge in [0.25, 0.3) is 5.91 Å². The van der Waals surface area contributed by atoms with E-state index >= 15 is 0 Å². The Labute approximate surface area is 212 Å². The molecule has 7 nitrogen and oxygen atoms in total. The summed E-state index contributed by atoms with van der Waals surface area (Å²) in [6.07, 6.45) is 7.35. The van der Waals surface area contributed by atoms with Gasteiger partial charge in [0, 0.05) is 25.4 Å². The second-order valence-corrected chi connectivity index (χ2v) is 9.38. The van der Waals surface area contributed by atoms with Gasteiger partial charge < -0.3 is 24.2 Å². The topological polar surface area (TPSA) is 85.3 Å². The van der Waals surface area contributed by atoms with Crippen LogP contribution in [0.25, 0.3) is 0 Å². The highest BCUT2D eigenvalue weighted by atomic mass is 16.7. The van der Waals surface area contributed by atoms with Gasteiger partial charge in [0.2, 0.25) is 6.29 Å². The third-order valence-electron chi connectivity index (χ3n) is 6.81. The molecule has 2 aliphatic heterocycles. The number of aliphatic hydroxyl groups is 1. The zero-order valence-corrected chi connectivity index (χ0v) is 20.9. The molecule has 0 radical (unpaired) electrons. The van der Waals surface area contributed by atoms with Crippen LogP contribution in [0.15, 0.2) is 60.4 Å². The molecule has 0 spiro atoms. The average Bonchev–Trinajstić information content (AvgIpc) is 2.91. The fourth-order valence-electron chi connectivity index (χ4n) is 4.66. The van der Waals surface area contributed by atoms with Crippen LogP contribution in [0.5, 0.6) is 0 Å². The lowest BCUT2D eigenvalue weighted by molar-refractivity contribution is -0.156. The summed E-state index contributed by atoms with van der Waals surface area (Å²) in [5.74, 6) is -0.246. The summed E-state index contributed by atoms with van der Waals surface area (Å²) in [5, 5.41) is 9.26. The number of aliphatic hydroxyl groups excluding tert-OH is 1. The molecule has 0 saturated carbocycles. The van der Waals surface area contributed by atoms with Crippen LogP contribution in [0.4, 0.5) is 0 Å². The Morgan fingerprint density at radius 3 is 2.22 bits per heavy atom. The number of allylic oxidation sites excluding steroid dienone is 1. The number of carbonyl (C=O) groups is 2. The van der Waals surface area contributed by atoms with Crippen molar-refractivity contribution in [3.05, 3.63) is 82.6 Å². The van der Waals surface area contributed by atoms with Crippen molar-refractivity contribution in [1.29, 1.82) is 0 Å². The molecule has 0 bridgehead atoms. The standard InChI is InChI=1S/C29H35NO6/c1-34-29(33)24-13-11-23(12-14-24)25-17-26(28(32)30-15-5-3-2-4-6-16-30)36-27(18-25)35-20-22-9-7-21(19-31)8-10-22/h7-14,17,25,27,31H,2-6,15-16,18-20H2,1H3. The van der Waals surface area contributed by atoms with E-state index < -0.39 is 6.29 Å². The maximum Gasteiger partial charge on any atom is 0.337 e. The number of amides is 1. The Balaban J connectivity index is 1.52. The van der Waals surface area contributed by atoms with Gasteiger partial charge in [0.1, 0.15) is 0 Å². The van der Waals surface area contributed by atoms with Crippen molar-refractivity contribution in [3.63, 3.8) is 0 Å². The summed E-state index contributed by atoms with van der Waals surface area (Å²) in [5.41, 5.74) is 3.26. The molecule has 4 rings (SSSR count). The second kappa shape index (κ2) is 12.7. The number of ether oxygens (including phenoxy) is 3. The zero-order valence-electron chi connectivity index (χ0n) is 20.9. The third kappa shape index (κ3) is 6.74. The molecule has 0 aromatic heterocycles. The van der Waals surface area contributed by atoms with Crippen LogP contribution in [-0.4, -0.2) is 48.4 Å². The molecule has 2 unspecified atom stereocenters. The monoisotopic (exact) mass is 493 g/mol. The lowest BCUT2D eigenvalue weighted by Gasteiger charge is -2.32. The van der Waals surface area contributed by atoms with E-state index in [9.17, 15) is 14.7 Å². The highest BCUT2D eigenvalue weighted by Gasteiger charge is 2.31. The molecule has 1 fully saturated rings. The van der Waals surface area contributed by atoms with Crippen molar-refractivity contribution < 1.29 is 28.9 Å². The molecular formula is C29H35NO6. The number of benzene rings is 2. The van der Waals surface area contributed by atoms with E-state index in [1.807, 2.05) is 47.4 Å². The van der Waals surface area contributed by atoms with Crippen LogP contribution in [0, 0.1) is 0 Å². The number of carbonyl (C=O) groups excluding carboxylic acids is 2. The van der Waals surface area contributed by atoms with Crippen molar-refractivity contribution in [2.24, 2.45) is 0 Å². The molecule has 1 amide bonds. The molecule has 2 aromatic rings. The van der Waals surface area contributed by atoms with Gasteiger partial charge in [0.05, 0.1) is 25.9 Å². The summed E-state index contributed by atoms with van der Waals surface area (Å²) < 4.78 is 17.0. The molecule has 7 heteroatoms. The Kier molecular flexibility index (Phi) is 9.14. The smallest absolute Gasteiger partial charge is 0.337 e. The van der Waals surface area contributed by atoms with Crippen LogP contribution in [0.3, 0.4) is 0 Å². The van der Waals surface area contributed by atoms with E-state index in [1.54, 1.807) is 12.1 Å². The van der Waals surface area contributed by atoms with Crippen LogP contribution >= 0.6 is 0 Å². The maximum absolute atomic E-state index is 13.5. The number of hydrogen-bond donors (Lipinski definition) is 1. The van der Waals surface area contributed by atoms with E-state index in [0.717, 1.165) is 55.5 Å². The van der Waals surface area contributed by atoms with Crippen molar-refractivity contribution in [2.75, 3.05) is 20.2 Å². The van der Waals surface area contributed by atoms with E-state index in [-0.39, 0.29) is 24.4 Å². The lowest BCUT2D eigenvalue weighted by atomic mass is 9.92. The van der Waals surface area contributed by atoms with E-state index in [4.69, 9.17) is 14.2 Å². The van der Waals surface area contributed by atoms with E-state index in [1.165, 1.54) is 13.5 Å². The van der Waals surface area contributed by atoms with Crippen LogP contribution in [0.2, 0.25) is 0 Å². The van der Waals surface area contributed by atoms with Gasteiger partial charge >= 0.3 is 5.97 Å². The first-order chi connectivity index (χ1) is 17.6. The van der Waals surface area contributed by atoms with Gasteiger partial charge in [0.15, 0.2) is 5.76 Å². The first-order valence-electron chi connectivity index (χ1n) is 12.7. The number of likely N-dealkylation sites (tertiary alicyclic amines) is 1. The first kappa shape index (κ1) is 25.9. The van der Waals surface area contributed by atoms with Crippen molar-refractivity contribution in [3.8, 4) is 0 Å². The second-order valence-electron chi connectivity index (χ2n) is 9.38. The molecule has 192 valence electrons. The molecule has 2 atom stereocenters. The zero-order chi connectivity index (χ0) is 25.3. The first-order valence-corrected chi connectivity index (χ1v) is 12.7. The maximum atomic E-state index is 13.5. The van der Waals surface area contributed by atoms with E-state index in [2.05, 4.69) is 0 Å². The van der Waals surface area contributed by atoms with Gasteiger partial charge in [-0.2, -0.15) is 0 Å². The minimum absolute atomic E-state index is 0.00388. The number of methoxy groups -OCH3 is 1. The predicted molar refractivity (Wildman–Crippen MR) is 135 cm³/mol. The van der Waals surface area contributed by atoms with Crippen molar-refractivity contribution >= 4 is 11.9 Å². The van der Waals surface area contributed by atoms with E-state index in [0.29, 0.717) is 24.4 Å². The molecule has 1 saturated heterocycles. The fraction of sp³-hybridized carbons (Fsp3) is 0.448. The van der Waals surface area contributed by atoms with Crippen LogP contribution in [-0.2, 0) is 32.2 Å². The summed E-state index contributed by atoms with van der Waals surface area (Å²) >= 11 is 0. The van der Waals surface area contributed by atoms with Gasteiger partial charge in [-0.05, 0) is 47.7 Å². The molecule has 2 aromatic carbocycles. The quantitative estimate of drug-likeness (QED) is 0.564. The molecule has 2 aliphatic rings.